The van der Waals surface area contributed by atoms with Crippen LogP contribution in [0.2, 0.25) is 0 Å². The molecule has 5 nitrogen and oxygen atoms in total. The van der Waals surface area contributed by atoms with E-state index in [1.165, 1.54) is 7.11 Å². The van der Waals surface area contributed by atoms with Crippen LogP contribution in [0.1, 0.15) is 41.0 Å². The van der Waals surface area contributed by atoms with Crippen LogP contribution in [0.5, 0.6) is 5.75 Å². The Morgan fingerprint density at radius 1 is 1.12 bits per heavy atom. The van der Waals surface area contributed by atoms with Crippen LogP contribution in [0.15, 0.2) is 46.9 Å². The summed E-state index contributed by atoms with van der Waals surface area (Å²) in [5, 5.41) is 5.71. The predicted molar refractivity (Wildman–Crippen MR) is 102 cm³/mol. The summed E-state index contributed by atoms with van der Waals surface area (Å²) in [7, 11) is 1.51. The van der Waals surface area contributed by atoms with E-state index in [-0.39, 0.29) is 17.9 Å². The Labute approximate surface area is 155 Å². The fourth-order valence-corrected chi connectivity index (χ4v) is 2.60. The third-order valence-corrected chi connectivity index (χ3v) is 4.31. The topological polar surface area (TPSA) is 67.4 Å². The highest BCUT2D eigenvalue weighted by molar-refractivity contribution is 9.10. The van der Waals surface area contributed by atoms with Gasteiger partial charge >= 0.3 is 0 Å². The molecular weight excluding hydrogens is 384 g/mol. The van der Waals surface area contributed by atoms with Crippen molar-refractivity contribution in [3.8, 4) is 5.75 Å². The van der Waals surface area contributed by atoms with Gasteiger partial charge in [0.1, 0.15) is 5.75 Å². The summed E-state index contributed by atoms with van der Waals surface area (Å²) >= 11 is 3.35. The highest BCUT2D eigenvalue weighted by atomic mass is 79.9. The van der Waals surface area contributed by atoms with E-state index in [1.807, 2.05) is 13.8 Å². The molecule has 0 saturated heterocycles. The van der Waals surface area contributed by atoms with E-state index in [1.54, 1.807) is 42.5 Å². The van der Waals surface area contributed by atoms with Gasteiger partial charge in [-0.2, -0.15) is 0 Å². The second-order valence-corrected chi connectivity index (χ2v) is 6.54. The lowest BCUT2D eigenvalue weighted by molar-refractivity contribution is 0.0940. The Bertz CT molecular complexity index is 777. The first-order chi connectivity index (χ1) is 12.0. The zero-order valence-electron chi connectivity index (χ0n) is 14.4. The van der Waals surface area contributed by atoms with Gasteiger partial charge in [-0.15, -0.1) is 0 Å². The quantitative estimate of drug-likeness (QED) is 0.756. The van der Waals surface area contributed by atoms with Gasteiger partial charge in [0, 0.05) is 10.5 Å². The Balaban J connectivity index is 2.28. The zero-order valence-corrected chi connectivity index (χ0v) is 16.0. The van der Waals surface area contributed by atoms with Gasteiger partial charge < -0.3 is 15.4 Å². The van der Waals surface area contributed by atoms with Gasteiger partial charge in [0.05, 0.1) is 23.9 Å². The van der Waals surface area contributed by atoms with Gasteiger partial charge in [0.15, 0.2) is 0 Å². The molecule has 2 amide bonds. The van der Waals surface area contributed by atoms with Crippen molar-refractivity contribution in [2.75, 3.05) is 12.4 Å². The van der Waals surface area contributed by atoms with Crippen LogP contribution < -0.4 is 15.4 Å². The van der Waals surface area contributed by atoms with Crippen LogP contribution in [-0.4, -0.2) is 25.0 Å². The van der Waals surface area contributed by atoms with Crippen LogP contribution in [0.25, 0.3) is 0 Å². The monoisotopic (exact) mass is 404 g/mol. The van der Waals surface area contributed by atoms with Crippen molar-refractivity contribution in [3.63, 3.8) is 0 Å². The highest BCUT2D eigenvalue weighted by Gasteiger charge is 2.17. The van der Waals surface area contributed by atoms with Crippen LogP contribution in [0.3, 0.4) is 0 Å². The van der Waals surface area contributed by atoms with Gasteiger partial charge in [-0.25, -0.2) is 0 Å². The number of methoxy groups -OCH3 is 1. The minimum absolute atomic E-state index is 0.0569. The molecular formula is C19H21BrN2O3. The average Bonchev–Trinajstić information content (AvgIpc) is 2.61. The highest BCUT2D eigenvalue weighted by Crippen LogP contribution is 2.25. The normalized spacial score (nSPS) is 11.5. The van der Waals surface area contributed by atoms with Crippen molar-refractivity contribution in [2.24, 2.45) is 0 Å². The van der Waals surface area contributed by atoms with Crippen molar-refractivity contribution in [3.05, 3.63) is 58.1 Å². The molecule has 6 heteroatoms. The summed E-state index contributed by atoms with van der Waals surface area (Å²) < 4.78 is 6.01. The smallest absolute Gasteiger partial charge is 0.259 e. The van der Waals surface area contributed by atoms with Crippen molar-refractivity contribution >= 4 is 33.4 Å². The second-order valence-electron chi connectivity index (χ2n) is 5.63. The fraction of sp³-hybridized carbons (Fsp3) is 0.263. The third kappa shape index (κ3) is 4.82. The number of carbonyl (C=O) groups is 2. The SMILES string of the molecule is CCC(C)NC(=O)c1ccccc1NC(=O)c1cc(Br)ccc1OC. The van der Waals surface area contributed by atoms with Crippen molar-refractivity contribution < 1.29 is 14.3 Å². The van der Waals surface area contributed by atoms with Crippen LogP contribution in [0, 0.1) is 0 Å². The molecule has 0 spiro atoms. The zero-order chi connectivity index (χ0) is 18.4. The van der Waals surface area contributed by atoms with Crippen molar-refractivity contribution in [1.82, 2.24) is 5.32 Å². The number of rotatable bonds is 6. The van der Waals surface area contributed by atoms with E-state index in [4.69, 9.17) is 4.74 Å². The fourth-order valence-electron chi connectivity index (χ4n) is 2.24. The van der Waals surface area contributed by atoms with Crippen LogP contribution in [-0.2, 0) is 0 Å². The first-order valence-electron chi connectivity index (χ1n) is 8.01. The molecule has 0 aliphatic carbocycles. The molecule has 0 aliphatic heterocycles. The maximum Gasteiger partial charge on any atom is 0.259 e. The number of nitrogens with one attached hydrogen (secondary N) is 2. The molecule has 0 saturated carbocycles. The van der Waals surface area contributed by atoms with Gasteiger partial charge in [0.2, 0.25) is 0 Å². The van der Waals surface area contributed by atoms with Gasteiger partial charge in [-0.05, 0) is 43.7 Å². The average molecular weight is 405 g/mol. The predicted octanol–water partition coefficient (Wildman–Crippen LogP) is 4.24. The molecule has 2 aromatic rings. The molecule has 25 heavy (non-hydrogen) atoms. The maximum atomic E-state index is 12.7. The van der Waals surface area contributed by atoms with Crippen molar-refractivity contribution in [2.45, 2.75) is 26.3 Å². The Morgan fingerprint density at radius 2 is 1.84 bits per heavy atom. The number of para-hydroxylation sites is 1. The number of anilines is 1. The van der Waals surface area contributed by atoms with E-state index < -0.39 is 0 Å². The van der Waals surface area contributed by atoms with Crippen LogP contribution >= 0.6 is 15.9 Å². The number of halogens is 1. The lowest BCUT2D eigenvalue weighted by Crippen LogP contribution is -2.32. The number of amides is 2. The molecule has 132 valence electrons. The van der Waals surface area contributed by atoms with Crippen molar-refractivity contribution in [1.29, 1.82) is 0 Å². The van der Waals surface area contributed by atoms with E-state index in [0.29, 0.717) is 22.6 Å². The van der Waals surface area contributed by atoms with E-state index in [9.17, 15) is 9.59 Å². The summed E-state index contributed by atoms with van der Waals surface area (Å²) in [5.74, 6) is -0.101. The molecule has 2 aromatic carbocycles. The Kier molecular flexibility index (Phi) is 6.58. The Morgan fingerprint density at radius 3 is 2.52 bits per heavy atom. The number of ether oxygens (including phenoxy) is 1. The second kappa shape index (κ2) is 8.67. The van der Waals surface area contributed by atoms with Gasteiger partial charge in [0.25, 0.3) is 11.8 Å². The summed E-state index contributed by atoms with van der Waals surface area (Å²) in [6.45, 7) is 3.93. The molecule has 0 fully saturated rings. The molecule has 0 aliphatic rings. The molecule has 1 atom stereocenters. The first-order valence-corrected chi connectivity index (χ1v) is 8.80. The van der Waals surface area contributed by atoms with E-state index in [0.717, 1.165) is 10.9 Å². The summed E-state index contributed by atoms with van der Waals surface area (Å²) in [5.41, 5.74) is 1.26. The minimum atomic E-state index is -0.345. The van der Waals surface area contributed by atoms with Gasteiger partial charge in [-0.1, -0.05) is 35.0 Å². The third-order valence-electron chi connectivity index (χ3n) is 3.82. The molecule has 0 heterocycles. The number of carbonyl (C=O) groups excluding carboxylic acids is 2. The number of hydrogen-bond donors (Lipinski definition) is 2. The molecule has 0 bridgehead atoms. The maximum absolute atomic E-state index is 12.7. The molecule has 0 radical (unpaired) electrons. The standard InChI is InChI=1S/C19H21BrN2O3/c1-4-12(2)21-18(23)14-7-5-6-8-16(14)22-19(24)15-11-13(20)9-10-17(15)25-3/h5-12H,4H2,1-3H3,(H,21,23)(H,22,24). The lowest BCUT2D eigenvalue weighted by Gasteiger charge is -2.15. The lowest BCUT2D eigenvalue weighted by atomic mass is 10.1. The molecule has 2 rings (SSSR count). The summed E-state index contributed by atoms with van der Waals surface area (Å²) in [4.78, 5) is 25.1. The number of hydrogen-bond acceptors (Lipinski definition) is 3. The first kappa shape index (κ1) is 19.0. The largest absolute Gasteiger partial charge is 0.496 e. The minimum Gasteiger partial charge on any atom is -0.496 e. The van der Waals surface area contributed by atoms with E-state index in [2.05, 4.69) is 26.6 Å². The van der Waals surface area contributed by atoms with Gasteiger partial charge in [-0.3, -0.25) is 9.59 Å². The molecule has 1 unspecified atom stereocenters. The molecule has 2 N–H and O–H groups in total. The summed E-state index contributed by atoms with van der Waals surface area (Å²) in [6, 6.07) is 12.2. The Hall–Kier alpha value is -2.34. The van der Waals surface area contributed by atoms with E-state index >= 15 is 0 Å². The molecule has 0 aromatic heterocycles. The van der Waals surface area contributed by atoms with Crippen LogP contribution in [0.4, 0.5) is 5.69 Å². The summed E-state index contributed by atoms with van der Waals surface area (Å²) in [6.07, 6.45) is 0.829. The number of benzene rings is 2.